The summed E-state index contributed by atoms with van der Waals surface area (Å²) < 4.78 is 3.00. The fraction of sp³-hybridized carbons (Fsp3) is 0.522. The van der Waals surface area contributed by atoms with Gasteiger partial charge in [-0.25, -0.2) is 4.79 Å². The van der Waals surface area contributed by atoms with Crippen molar-refractivity contribution in [2.75, 3.05) is 6.61 Å². The first kappa shape index (κ1) is 21.8. The first-order valence-electron chi connectivity index (χ1n) is 10.7. The number of piperidine rings is 1. The van der Waals surface area contributed by atoms with Crippen LogP contribution in [0.5, 0.6) is 0 Å². The number of hydrogen-bond donors (Lipinski definition) is 2. The van der Waals surface area contributed by atoms with E-state index in [0.29, 0.717) is 11.9 Å². The molecule has 1 fully saturated rings. The van der Waals surface area contributed by atoms with E-state index in [1.165, 1.54) is 15.6 Å². The van der Waals surface area contributed by atoms with Crippen molar-refractivity contribution in [1.29, 1.82) is 0 Å². The van der Waals surface area contributed by atoms with E-state index in [2.05, 4.69) is 17.2 Å². The van der Waals surface area contributed by atoms with E-state index in [1.807, 2.05) is 18.2 Å². The highest BCUT2D eigenvalue weighted by molar-refractivity contribution is 6.00. The molecule has 3 rings (SSSR count). The van der Waals surface area contributed by atoms with Crippen LogP contribution in [0.25, 0.3) is 11.0 Å². The van der Waals surface area contributed by atoms with E-state index < -0.39 is 11.9 Å². The molecule has 1 aliphatic rings. The fourth-order valence-corrected chi connectivity index (χ4v) is 3.87. The Bertz CT molecular complexity index is 1040. The van der Waals surface area contributed by atoms with Crippen molar-refractivity contribution < 1.29 is 14.7 Å². The Morgan fingerprint density at radius 1 is 1.07 bits per heavy atom. The summed E-state index contributed by atoms with van der Waals surface area (Å²) in [5.74, 6) is 5.64. The molecule has 1 saturated heterocycles. The maximum Gasteiger partial charge on any atom is 0.329 e. The van der Waals surface area contributed by atoms with E-state index in [1.54, 1.807) is 7.05 Å². The molecule has 1 aromatic heterocycles. The van der Waals surface area contributed by atoms with Crippen LogP contribution in [-0.4, -0.2) is 32.7 Å². The molecule has 2 N–H and O–H groups in total. The highest BCUT2D eigenvalue weighted by Gasteiger charge is 2.31. The number of carbonyl (C=O) groups excluding carboxylic acids is 2. The number of rotatable bonds is 8. The molecule has 1 unspecified atom stereocenters. The Kier molecular flexibility index (Phi) is 7.47. The molecule has 7 nitrogen and oxygen atoms in total. The molecule has 7 heteroatoms. The SMILES string of the molecule is Cn1c(=O)n(C2CCC(=O)NC2=O)c2ccc(C#CCCCCCCCCO)cc21. The molecular weight excluding hydrogens is 382 g/mol. The molecule has 2 heterocycles. The Hall–Kier alpha value is -2.85. The summed E-state index contributed by atoms with van der Waals surface area (Å²) in [4.78, 5) is 36.4. The van der Waals surface area contributed by atoms with Crippen molar-refractivity contribution in [2.24, 2.45) is 7.05 Å². The topological polar surface area (TPSA) is 93.3 Å². The number of aryl methyl sites for hydroxylation is 1. The number of imide groups is 1. The van der Waals surface area contributed by atoms with Crippen LogP contribution in [0, 0.1) is 11.8 Å². The van der Waals surface area contributed by atoms with Gasteiger partial charge in [-0.15, -0.1) is 0 Å². The van der Waals surface area contributed by atoms with Crippen molar-refractivity contribution in [3.8, 4) is 11.8 Å². The summed E-state index contributed by atoms with van der Waals surface area (Å²) in [7, 11) is 1.68. The fourth-order valence-electron chi connectivity index (χ4n) is 3.87. The summed E-state index contributed by atoms with van der Waals surface area (Å²) in [6.07, 6.45) is 7.87. The molecule has 160 valence electrons. The van der Waals surface area contributed by atoms with E-state index in [4.69, 9.17) is 5.11 Å². The minimum Gasteiger partial charge on any atom is -0.396 e. The summed E-state index contributed by atoms with van der Waals surface area (Å²) in [5.41, 5.74) is 1.96. The first-order chi connectivity index (χ1) is 14.5. The van der Waals surface area contributed by atoms with Crippen LogP contribution in [0.3, 0.4) is 0 Å². The average molecular weight is 412 g/mol. The number of aromatic nitrogens is 2. The van der Waals surface area contributed by atoms with Crippen LogP contribution in [0.15, 0.2) is 23.0 Å². The van der Waals surface area contributed by atoms with Crippen LogP contribution in [-0.2, 0) is 16.6 Å². The second kappa shape index (κ2) is 10.3. The van der Waals surface area contributed by atoms with Gasteiger partial charge in [0.05, 0.1) is 11.0 Å². The van der Waals surface area contributed by atoms with Crippen molar-refractivity contribution in [1.82, 2.24) is 14.5 Å². The molecule has 0 spiro atoms. The molecule has 0 aliphatic carbocycles. The standard InChI is InChI=1S/C23H29N3O4/c1-25-20-16-17(10-8-6-4-2-3-5-7-9-15-27)11-12-18(20)26(23(25)30)19-13-14-21(28)24-22(19)29/h11-12,16,19,27H,2-7,9,13-15H2,1H3,(H,24,28,29). The van der Waals surface area contributed by atoms with Gasteiger partial charge >= 0.3 is 5.69 Å². The van der Waals surface area contributed by atoms with Gasteiger partial charge in [0.2, 0.25) is 11.8 Å². The van der Waals surface area contributed by atoms with E-state index in [-0.39, 0.29) is 24.6 Å². The number of aliphatic hydroxyl groups excluding tert-OH is 1. The number of hydrogen-bond acceptors (Lipinski definition) is 4. The van der Waals surface area contributed by atoms with Gasteiger partial charge in [-0.05, 0) is 37.5 Å². The van der Waals surface area contributed by atoms with Crippen LogP contribution < -0.4 is 11.0 Å². The van der Waals surface area contributed by atoms with Crippen LogP contribution in [0.1, 0.15) is 69.4 Å². The van der Waals surface area contributed by atoms with Gasteiger partial charge in [-0.1, -0.05) is 37.5 Å². The molecular formula is C23H29N3O4. The number of nitrogens with zero attached hydrogens (tertiary/aromatic N) is 2. The number of imidazole rings is 1. The highest BCUT2D eigenvalue weighted by atomic mass is 16.3. The van der Waals surface area contributed by atoms with Crippen LogP contribution in [0.2, 0.25) is 0 Å². The van der Waals surface area contributed by atoms with E-state index in [0.717, 1.165) is 49.6 Å². The lowest BCUT2D eigenvalue weighted by Gasteiger charge is -2.21. The molecule has 0 radical (unpaired) electrons. The predicted octanol–water partition coefficient (Wildman–Crippen LogP) is 2.39. The molecule has 1 atom stereocenters. The first-order valence-corrected chi connectivity index (χ1v) is 10.7. The minimum atomic E-state index is -0.673. The number of benzene rings is 1. The molecule has 0 saturated carbocycles. The third kappa shape index (κ3) is 5.00. The molecule has 2 aromatic rings. The normalized spacial score (nSPS) is 16.4. The minimum absolute atomic E-state index is 0.226. The molecule has 0 bridgehead atoms. The maximum atomic E-state index is 12.8. The highest BCUT2D eigenvalue weighted by Crippen LogP contribution is 2.23. The zero-order chi connectivity index (χ0) is 21.5. The Morgan fingerprint density at radius 2 is 1.80 bits per heavy atom. The number of nitrogens with one attached hydrogen (secondary N) is 1. The van der Waals surface area contributed by atoms with Crippen molar-refractivity contribution in [3.05, 3.63) is 34.2 Å². The Labute approximate surface area is 176 Å². The van der Waals surface area contributed by atoms with Crippen molar-refractivity contribution >= 4 is 22.8 Å². The number of carbonyl (C=O) groups is 2. The molecule has 2 amide bonds. The second-order valence-corrected chi connectivity index (χ2v) is 7.78. The Balaban J connectivity index is 1.68. The van der Waals surface area contributed by atoms with Gasteiger partial charge in [0.1, 0.15) is 6.04 Å². The van der Waals surface area contributed by atoms with E-state index in [9.17, 15) is 14.4 Å². The number of unbranched alkanes of at least 4 members (excludes halogenated alkanes) is 6. The zero-order valence-corrected chi connectivity index (χ0v) is 17.4. The van der Waals surface area contributed by atoms with E-state index >= 15 is 0 Å². The molecule has 1 aliphatic heterocycles. The van der Waals surface area contributed by atoms with Gasteiger partial charge in [0.25, 0.3) is 0 Å². The molecule has 1 aromatic carbocycles. The molecule has 30 heavy (non-hydrogen) atoms. The summed E-state index contributed by atoms with van der Waals surface area (Å²) in [6, 6.07) is 4.90. The largest absolute Gasteiger partial charge is 0.396 e. The number of amides is 2. The smallest absolute Gasteiger partial charge is 0.329 e. The summed E-state index contributed by atoms with van der Waals surface area (Å²) >= 11 is 0. The van der Waals surface area contributed by atoms with Gasteiger partial charge in [0.15, 0.2) is 0 Å². The predicted molar refractivity (Wildman–Crippen MR) is 115 cm³/mol. The lowest BCUT2D eigenvalue weighted by molar-refractivity contribution is -0.135. The average Bonchev–Trinajstić information content (AvgIpc) is 2.97. The van der Waals surface area contributed by atoms with Crippen LogP contribution >= 0.6 is 0 Å². The van der Waals surface area contributed by atoms with Gasteiger partial charge < -0.3 is 5.11 Å². The van der Waals surface area contributed by atoms with Crippen molar-refractivity contribution in [2.45, 2.75) is 63.8 Å². The lowest BCUT2D eigenvalue weighted by atomic mass is 10.1. The van der Waals surface area contributed by atoms with Gasteiger partial charge in [0, 0.05) is 32.1 Å². The maximum absolute atomic E-state index is 12.8. The van der Waals surface area contributed by atoms with Crippen LogP contribution in [0.4, 0.5) is 0 Å². The second-order valence-electron chi connectivity index (χ2n) is 7.78. The number of fused-ring (bicyclic) bond motifs is 1. The Morgan fingerprint density at radius 3 is 2.53 bits per heavy atom. The summed E-state index contributed by atoms with van der Waals surface area (Å²) in [5, 5.41) is 11.1. The van der Waals surface area contributed by atoms with Crippen molar-refractivity contribution in [3.63, 3.8) is 0 Å². The third-order valence-electron chi connectivity index (χ3n) is 5.55. The monoisotopic (exact) mass is 411 g/mol. The van der Waals surface area contributed by atoms with Gasteiger partial charge in [-0.2, -0.15) is 0 Å². The summed E-state index contributed by atoms with van der Waals surface area (Å²) in [6.45, 7) is 0.276. The quantitative estimate of drug-likeness (QED) is 0.396. The van der Waals surface area contributed by atoms with Gasteiger partial charge in [-0.3, -0.25) is 24.0 Å². The number of aliphatic hydroxyl groups is 1. The third-order valence-corrected chi connectivity index (χ3v) is 5.55. The lowest BCUT2D eigenvalue weighted by Crippen LogP contribution is -2.44. The zero-order valence-electron chi connectivity index (χ0n) is 17.4.